The molecule has 2 atom stereocenters. The van der Waals surface area contributed by atoms with Crippen molar-refractivity contribution in [1.29, 1.82) is 0 Å². The lowest BCUT2D eigenvalue weighted by Gasteiger charge is -2.29. The van der Waals surface area contributed by atoms with Crippen LogP contribution in [0.5, 0.6) is 5.75 Å². The second-order valence-electron chi connectivity index (χ2n) is 4.69. The summed E-state index contributed by atoms with van der Waals surface area (Å²) in [5.41, 5.74) is 6.42. The Hall–Kier alpha value is -1.26. The molecule has 4 nitrogen and oxygen atoms in total. The van der Waals surface area contributed by atoms with Crippen LogP contribution in [0.15, 0.2) is 18.2 Å². The molecule has 0 spiro atoms. The van der Waals surface area contributed by atoms with E-state index in [0.29, 0.717) is 5.56 Å². The lowest BCUT2D eigenvalue weighted by Crippen LogP contribution is -2.49. The highest BCUT2D eigenvalue weighted by atomic mass is 35.5. The standard InChI is InChI=1S/C13H17ClN2O2/c14-9-7-8(5-6-12(9)17)13(18)16-11-4-2-1-3-10(11)15/h5-7,10-11,17H,1-4,15H2,(H,16,18)/t10-,11-/m1/s1. The van der Waals surface area contributed by atoms with Crippen molar-refractivity contribution >= 4 is 17.5 Å². The number of nitrogens with one attached hydrogen (secondary N) is 1. The Morgan fingerprint density at radius 2 is 2.11 bits per heavy atom. The van der Waals surface area contributed by atoms with Gasteiger partial charge in [-0.1, -0.05) is 24.4 Å². The van der Waals surface area contributed by atoms with Crippen LogP contribution >= 0.6 is 11.6 Å². The maximum absolute atomic E-state index is 12.0. The molecule has 0 radical (unpaired) electrons. The van der Waals surface area contributed by atoms with Crippen LogP contribution in [0.1, 0.15) is 36.0 Å². The van der Waals surface area contributed by atoms with E-state index < -0.39 is 0 Å². The third kappa shape index (κ3) is 2.94. The zero-order valence-electron chi connectivity index (χ0n) is 10.0. The van der Waals surface area contributed by atoms with Gasteiger partial charge in [-0.2, -0.15) is 0 Å². The van der Waals surface area contributed by atoms with Crippen LogP contribution in [0.3, 0.4) is 0 Å². The molecule has 1 fully saturated rings. The van der Waals surface area contributed by atoms with E-state index in [1.807, 2.05) is 0 Å². The number of halogens is 1. The van der Waals surface area contributed by atoms with Crippen molar-refractivity contribution < 1.29 is 9.90 Å². The van der Waals surface area contributed by atoms with Gasteiger partial charge in [0.15, 0.2) is 0 Å². The average Bonchev–Trinajstić information content (AvgIpc) is 2.35. The molecule has 0 aliphatic heterocycles. The van der Waals surface area contributed by atoms with E-state index in [1.54, 1.807) is 6.07 Å². The fraction of sp³-hybridized carbons (Fsp3) is 0.462. The monoisotopic (exact) mass is 268 g/mol. The summed E-state index contributed by atoms with van der Waals surface area (Å²) < 4.78 is 0. The molecule has 5 heteroatoms. The quantitative estimate of drug-likeness (QED) is 0.768. The molecule has 1 aromatic rings. The molecule has 2 rings (SSSR count). The van der Waals surface area contributed by atoms with Gasteiger partial charge in [-0.05, 0) is 31.0 Å². The molecular formula is C13H17ClN2O2. The van der Waals surface area contributed by atoms with Crippen molar-refractivity contribution in [3.05, 3.63) is 28.8 Å². The van der Waals surface area contributed by atoms with Crippen molar-refractivity contribution in [3.63, 3.8) is 0 Å². The van der Waals surface area contributed by atoms with Crippen LogP contribution < -0.4 is 11.1 Å². The molecule has 0 aromatic heterocycles. The van der Waals surface area contributed by atoms with Crippen LogP contribution in [0.4, 0.5) is 0 Å². The van der Waals surface area contributed by atoms with Crippen molar-refractivity contribution in [2.24, 2.45) is 5.73 Å². The number of phenolic OH excluding ortho intramolecular Hbond substituents is 1. The molecule has 0 unspecified atom stereocenters. The lowest BCUT2D eigenvalue weighted by molar-refractivity contribution is 0.0921. The van der Waals surface area contributed by atoms with Gasteiger partial charge in [0.05, 0.1) is 5.02 Å². The number of hydrogen-bond acceptors (Lipinski definition) is 3. The summed E-state index contributed by atoms with van der Waals surface area (Å²) in [4.78, 5) is 12.0. The van der Waals surface area contributed by atoms with Gasteiger partial charge in [-0.3, -0.25) is 4.79 Å². The summed E-state index contributed by atoms with van der Waals surface area (Å²) in [6.07, 6.45) is 4.08. The van der Waals surface area contributed by atoms with Crippen LogP contribution in [0, 0.1) is 0 Å². The zero-order valence-corrected chi connectivity index (χ0v) is 10.8. The lowest BCUT2D eigenvalue weighted by atomic mass is 9.91. The second-order valence-corrected chi connectivity index (χ2v) is 5.10. The van der Waals surface area contributed by atoms with Gasteiger partial charge in [0, 0.05) is 17.6 Å². The number of amides is 1. The Kier molecular flexibility index (Phi) is 4.09. The Balaban J connectivity index is 2.04. The minimum Gasteiger partial charge on any atom is -0.506 e. The normalized spacial score (nSPS) is 23.7. The highest BCUT2D eigenvalue weighted by Crippen LogP contribution is 2.24. The van der Waals surface area contributed by atoms with E-state index in [2.05, 4.69) is 5.32 Å². The summed E-state index contributed by atoms with van der Waals surface area (Å²) in [6.45, 7) is 0. The first kappa shape index (κ1) is 13.2. The maximum Gasteiger partial charge on any atom is 0.251 e. The third-order valence-electron chi connectivity index (χ3n) is 3.35. The number of carbonyl (C=O) groups excluding carboxylic acids is 1. The molecule has 98 valence electrons. The van der Waals surface area contributed by atoms with Crippen molar-refractivity contribution in [2.45, 2.75) is 37.8 Å². The molecule has 4 N–H and O–H groups in total. The highest BCUT2D eigenvalue weighted by molar-refractivity contribution is 6.32. The van der Waals surface area contributed by atoms with Gasteiger partial charge in [0.2, 0.25) is 0 Å². The van der Waals surface area contributed by atoms with Gasteiger partial charge in [0.1, 0.15) is 5.75 Å². The summed E-state index contributed by atoms with van der Waals surface area (Å²) >= 11 is 5.77. The smallest absolute Gasteiger partial charge is 0.251 e. The van der Waals surface area contributed by atoms with Crippen LogP contribution in [-0.2, 0) is 0 Å². The predicted octanol–water partition coefficient (Wildman–Crippen LogP) is 2.05. The summed E-state index contributed by atoms with van der Waals surface area (Å²) in [7, 11) is 0. The van der Waals surface area contributed by atoms with E-state index in [0.717, 1.165) is 25.7 Å². The van der Waals surface area contributed by atoms with Gasteiger partial charge < -0.3 is 16.2 Å². The first-order valence-electron chi connectivity index (χ1n) is 6.13. The molecular weight excluding hydrogens is 252 g/mol. The molecule has 1 aliphatic carbocycles. The number of benzene rings is 1. The topological polar surface area (TPSA) is 75.3 Å². The van der Waals surface area contributed by atoms with Crippen LogP contribution in [0.2, 0.25) is 5.02 Å². The number of rotatable bonds is 2. The Morgan fingerprint density at radius 1 is 1.39 bits per heavy atom. The molecule has 0 heterocycles. The highest BCUT2D eigenvalue weighted by Gasteiger charge is 2.23. The van der Waals surface area contributed by atoms with Crippen LogP contribution in [-0.4, -0.2) is 23.1 Å². The Labute approximate surface area is 111 Å². The molecule has 1 aliphatic rings. The SMILES string of the molecule is N[C@@H]1CCCC[C@H]1NC(=O)c1ccc(O)c(Cl)c1. The number of phenols is 1. The molecule has 1 aromatic carbocycles. The Morgan fingerprint density at radius 3 is 2.78 bits per heavy atom. The molecule has 0 saturated heterocycles. The molecule has 1 amide bonds. The largest absolute Gasteiger partial charge is 0.506 e. The number of carbonyl (C=O) groups is 1. The second kappa shape index (κ2) is 5.59. The van der Waals surface area contributed by atoms with Gasteiger partial charge in [0.25, 0.3) is 5.91 Å². The first-order chi connectivity index (χ1) is 8.58. The fourth-order valence-corrected chi connectivity index (χ4v) is 2.42. The van der Waals surface area contributed by atoms with E-state index >= 15 is 0 Å². The van der Waals surface area contributed by atoms with Gasteiger partial charge in [-0.25, -0.2) is 0 Å². The van der Waals surface area contributed by atoms with Crippen LogP contribution in [0.25, 0.3) is 0 Å². The zero-order chi connectivity index (χ0) is 13.1. The predicted molar refractivity (Wildman–Crippen MR) is 70.8 cm³/mol. The summed E-state index contributed by atoms with van der Waals surface area (Å²) in [5, 5.41) is 12.4. The summed E-state index contributed by atoms with van der Waals surface area (Å²) in [6, 6.07) is 4.47. The third-order valence-corrected chi connectivity index (χ3v) is 3.65. The summed E-state index contributed by atoms with van der Waals surface area (Å²) in [5.74, 6) is -0.221. The van der Waals surface area contributed by atoms with Crippen molar-refractivity contribution in [2.75, 3.05) is 0 Å². The molecule has 18 heavy (non-hydrogen) atoms. The Bertz CT molecular complexity index is 451. The fourth-order valence-electron chi connectivity index (χ4n) is 2.24. The minimum atomic E-state index is -0.195. The minimum absolute atomic E-state index is 0.0234. The maximum atomic E-state index is 12.0. The van der Waals surface area contributed by atoms with E-state index in [-0.39, 0.29) is 28.8 Å². The van der Waals surface area contributed by atoms with E-state index in [1.165, 1.54) is 12.1 Å². The number of aromatic hydroxyl groups is 1. The number of hydrogen-bond donors (Lipinski definition) is 3. The van der Waals surface area contributed by atoms with Gasteiger partial charge >= 0.3 is 0 Å². The van der Waals surface area contributed by atoms with Gasteiger partial charge in [-0.15, -0.1) is 0 Å². The molecule has 1 saturated carbocycles. The number of nitrogens with two attached hydrogens (primary N) is 1. The molecule has 0 bridgehead atoms. The van der Waals surface area contributed by atoms with Crippen molar-refractivity contribution in [3.8, 4) is 5.75 Å². The van der Waals surface area contributed by atoms with E-state index in [4.69, 9.17) is 17.3 Å². The van der Waals surface area contributed by atoms with E-state index in [9.17, 15) is 9.90 Å². The average molecular weight is 269 g/mol. The first-order valence-corrected chi connectivity index (χ1v) is 6.50. The van der Waals surface area contributed by atoms with Crippen molar-refractivity contribution in [1.82, 2.24) is 5.32 Å².